The van der Waals surface area contributed by atoms with Crippen LogP contribution in [0.15, 0.2) is 0 Å². The van der Waals surface area contributed by atoms with Crippen molar-refractivity contribution < 1.29 is 13.9 Å². The minimum Gasteiger partial charge on any atom is -0.409 e. The summed E-state index contributed by atoms with van der Waals surface area (Å²) in [7, 11) is -1.80. The summed E-state index contributed by atoms with van der Waals surface area (Å²) in [5, 5.41) is 9.20. The summed E-state index contributed by atoms with van der Waals surface area (Å²) in [5.74, 6) is -0.136. The molecule has 2 aliphatic rings. The number of ether oxygens (including phenoxy) is 2. The lowest BCUT2D eigenvalue weighted by atomic mass is 10.0. The molecule has 2 rings (SSSR count). The fraction of sp³-hybridized carbons (Fsp3) is 0.923. The van der Waals surface area contributed by atoms with Gasteiger partial charge in [0.2, 0.25) is 0 Å². The van der Waals surface area contributed by atoms with Gasteiger partial charge in [0, 0.05) is 0 Å². The second-order valence-corrected chi connectivity index (χ2v) is 11.5. The molecule has 0 radical (unpaired) electrons. The van der Waals surface area contributed by atoms with E-state index in [2.05, 4.69) is 39.9 Å². The van der Waals surface area contributed by atoms with E-state index in [4.69, 9.17) is 19.2 Å². The molecule has 0 bridgehead atoms. The Hall–Kier alpha value is -0.413. The van der Waals surface area contributed by atoms with Crippen LogP contribution in [0.2, 0.25) is 18.1 Å². The predicted molar refractivity (Wildman–Crippen MR) is 70.7 cm³/mol. The Morgan fingerprint density at radius 2 is 1.78 bits per heavy atom. The zero-order valence-electron chi connectivity index (χ0n) is 11.9. The highest BCUT2D eigenvalue weighted by Crippen LogP contribution is 2.40. The molecule has 0 amide bonds. The van der Waals surface area contributed by atoms with Crippen LogP contribution in [0.4, 0.5) is 0 Å². The zero-order valence-corrected chi connectivity index (χ0v) is 12.9. The lowest BCUT2D eigenvalue weighted by molar-refractivity contribution is 0.0239. The van der Waals surface area contributed by atoms with Crippen LogP contribution in [0.3, 0.4) is 0 Å². The van der Waals surface area contributed by atoms with Gasteiger partial charge in [0.1, 0.15) is 12.2 Å². The zero-order chi connectivity index (χ0) is 13.6. The average Bonchev–Trinajstić information content (AvgIpc) is 2.79. The molecule has 2 fully saturated rings. The molecule has 2 saturated heterocycles. The SMILES string of the molecule is CC(C)(C)[Si](C)(C)O[C@@H]1CO[C@H]2[C@@H]1OC[C@@H]2C#N. The van der Waals surface area contributed by atoms with Crippen LogP contribution in [-0.2, 0) is 13.9 Å². The summed E-state index contributed by atoms with van der Waals surface area (Å²) in [5.41, 5.74) is 0. The lowest BCUT2D eigenvalue weighted by Crippen LogP contribution is -2.47. The van der Waals surface area contributed by atoms with E-state index in [0.717, 1.165) is 0 Å². The first-order valence-electron chi connectivity index (χ1n) is 6.57. The quantitative estimate of drug-likeness (QED) is 0.722. The third-order valence-corrected chi connectivity index (χ3v) is 8.93. The lowest BCUT2D eigenvalue weighted by Gasteiger charge is -2.39. The maximum Gasteiger partial charge on any atom is 0.192 e. The first kappa shape index (κ1) is 14.0. The van der Waals surface area contributed by atoms with Gasteiger partial charge < -0.3 is 13.9 Å². The smallest absolute Gasteiger partial charge is 0.192 e. The van der Waals surface area contributed by atoms with E-state index in [1.807, 2.05) is 0 Å². The van der Waals surface area contributed by atoms with Gasteiger partial charge >= 0.3 is 0 Å². The van der Waals surface area contributed by atoms with Crippen molar-refractivity contribution in [3.05, 3.63) is 0 Å². The van der Waals surface area contributed by atoms with Gasteiger partial charge in [0.25, 0.3) is 0 Å². The van der Waals surface area contributed by atoms with E-state index in [1.165, 1.54) is 0 Å². The van der Waals surface area contributed by atoms with Crippen molar-refractivity contribution in [2.24, 2.45) is 5.92 Å². The molecule has 0 aromatic carbocycles. The third kappa shape index (κ3) is 2.35. The summed E-state index contributed by atoms with van der Waals surface area (Å²) in [6.07, 6.45) is -0.150. The average molecular weight is 269 g/mol. The second kappa shape index (κ2) is 4.60. The van der Waals surface area contributed by atoms with Crippen LogP contribution < -0.4 is 0 Å². The van der Waals surface area contributed by atoms with Crippen molar-refractivity contribution in [1.82, 2.24) is 0 Å². The summed E-state index contributed by atoms with van der Waals surface area (Å²) < 4.78 is 17.8. The van der Waals surface area contributed by atoms with E-state index in [0.29, 0.717) is 13.2 Å². The van der Waals surface area contributed by atoms with Gasteiger partial charge in [-0.3, -0.25) is 0 Å². The molecule has 0 aromatic rings. The minimum atomic E-state index is -1.80. The van der Waals surface area contributed by atoms with Gasteiger partial charge in [-0.2, -0.15) is 5.26 Å². The Balaban J connectivity index is 2.03. The van der Waals surface area contributed by atoms with Crippen LogP contribution in [-0.4, -0.2) is 39.8 Å². The van der Waals surface area contributed by atoms with Gasteiger partial charge in [-0.25, -0.2) is 0 Å². The maximum absolute atomic E-state index is 9.02. The van der Waals surface area contributed by atoms with E-state index in [1.54, 1.807) is 0 Å². The summed E-state index contributed by atoms with van der Waals surface area (Å²) in [4.78, 5) is 0. The molecule has 0 aliphatic carbocycles. The summed E-state index contributed by atoms with van der Waals surface area (Å²) in [6, 6.07) is 2.25. The van der Waals surface area contributed by atoms with Gasteiger partial charge in [0.05, 0.1) is 31.3 Å². The van der Waals surface area contributed by atoms with Gasteiger partial charge in [-0.15, -0.1) is 0 Å². The fourth-order valence-corrected chi connectivity index (χ4v) is 3.54. The van der Waals surface area contributed by atoms with E-state index in [-0.39, 0.29) is 29.3 Å². The van der Waals surface area contributed by atoms with Crippen molar-refractivity contribution in [2.45, 2.75) is 57.2 Å². The first-order chi connectivity index (χ1) is 8.26. The van der Waals surface area contributed by atoms with Crippen molar-refractivity contribution in [2.75, 3.05) is 13.2 Å². The molecule has 0 spiro atoms. The van der Waals surface area contributed by atoms with E-state index < -0.39 is 8.32 Å². The fourth-order valence-electron chi connectivity index (χ4n) is 2.23. The van der Waals surface area contributed by atoms with Crippen molar-refractivity contribution in [1.29, 1.82) is 5.26 Å². The molecule has 0 unspecified atom stereocenters. The number of hydrogen-bond donors (Lipinski definition) is 0. The standard InChI is InChI=1S/C13H23NO3Si/c1-13(2,3)18(4,5)17-10-8-16-11-9(6-14)7-15-12(10)11/h9-12H,7-8H2,1-5H3/t9-,10+,11+,12+/m0/s1. The number of fused-ring (bicyclic) bond motifs is 1. The maximum atomic E-state index is 9.02. The Morgan fingerprint density at radius 3 is 2.33 bits per heavy atom. The number of hydrogen-bond acceptors (Lipinski definition) is 4. The first-order valence-corrected chi connectivity index (χ1v) is 9.48. The highest BCUT2D eigenvalue weighted by Gasteiger charge is 2.51. The molecule has 5 heteroatoms. The molecule has 2 aliphatic heterocycles. The molecule has 2 heterocycles. The van der Waals surface area contributed by atoms with Crippen LogP contribution in [0.5, 0.6) is 0 Å². The molecular weight excluding hydrogens is 246 g/mol. The largest absolute Gasteiger partial charge is 0.409 e. The van der Waals surface area contributed by atoms with Crippen molar-refractivity contribution in [3.8, 4) is 6.07 Å². The topological polar surface area (TPSA) is 51.5 Å². The molecule has 0 aromatic heterocycles. The van der Waals surface area contributed by atoms with Crippen molar-refractivity contribution >= 4 is 8.32 Å². The molecule has 4 atom stereocenters. The monoisotopic (exact) mass is 269 g/mol. The Bertz CT molecular complexity index is 358. The second-order valence-electron chi connectivity index (χ2n) is 6.75. The van der Waals surface area contributed by atoms with Gasteiger partial charge in [0.15, 0.2) is 8.32 Å². The highest BCUT2D eigenvalue weighted by atomic mass is 28.4. The van der Waals surface area contributed by atoms with Crippen LogP contribution in [0.25, 0.3) is 0 Å². The Kier molecular flexibility index (Phi) is 3.58. The summed E-state index contributed by atoms with van der Waals surface area (Å²) in [6.45, 7) is 12.2. The molecule has 102 valence electrons. The van der Waals surface area contributed by atoms with Crippen molar-refractivity contribution in [3.63, 3.8) is 0 Å². The van der Waals surface area contributed by atoms with Gasteiger partial charge in [-0.05, 0) is 18.1 Å². The molecule has 0 N–H and O–H groups in total. The summed E-state index contributed by atoms with van der Waals surface area (Å²) >= 11 is 0. The highest BCUT2D eigenvalue weighted by molar-refractivity contribution is 6.74. The molecule has 0 saturated carbocycles. The van der Waals surface area contributed by atoms with E-state index >= 15 is 0 Å². The number of nitriles is 1. The number of nitrogens with zero attached hydrogens (tertiary/aromatic N) is 1. The van der Waals surface area contributed by atoms with E-state index in [9.17, 15) is 0 Å². The molecular formula is C13H23NO3Si. The Morgan fingerprint density at radius 1 is 1.17 bits per heavy atom. The minimum absolute atomic E-state index is 0.00533. The van der Waals surface area contributed by atoms with Gasteiger partial charge in [-0.1, -0.05) is 20.8 Å². The normalized spacial score (nSPS) is 36.4. The number of rotatable bonds is 2. The third-order valence-electron chi connectivity index (χ3n) is 4.43. The molecule has 4 nitrogen and oxygen atoms in total. The Labute approximate surface area is 110 Å². The van der Waals surface area contributed by atoms with Crippen LogP contribution in [0, 0.1) is 17.2 Å². The van der Waals surface area contributed by atoms with Crippen LogP contribution >= 0.6 is 0 Å². The predicted octanol–water partition coefficient (Wildman–Crippen LogP) is 2.31. The molecule has 18 heavy (non-hydrogen) atoms. The van der Waals surface area contributed by atoms with Crippen LogP contribution in [0.1, 0.15) is 20.8 Å².